The van der Waals surface area contributed by atoms with Crippen LogP contribution in [0.5, 0.6) is 0 Å². The van der Waals surface area contributed by atoms with Crippen molar-refractivity contribution in [3.63, 3.8) is 0 Å². The van der Waals surface area contributed by atoms with Crippen molar-refractivity contribution in [2.75, 3.05) is 0 Å². The number of carbonyl (C=O) groups is 1. The van der Waals surface area contributed by atoms with Crippen molar-refractivity contribution in [2.24, 2.45) is 17.8 Å². The topological polar surface area (TPSA) is 46.9 Å². The Morgan fingerprint density at radius 2 is 2.13 bits per heavy atom. The summed E-state index contributed by atoms with van der Waals surface area (Å²) in [4.78, 5) is 12.8. The van der Waals surface area contributed by atoms with Gasteiger partial charge in [0.1, 0.15) is 0 Å². The fourth-order valence-electron chi connectivity index (χ4n) is 4.57. The Morgan fingerprint density at radius 1 is 1.26 bits per heavy atom. The molecule has 1 N–H and O–H groups in total. The Morgan fingerprint density at radius 3 is 2.83 bits per heavy atom. The molecule has 0 saturated heterocycles. The number of fused-ring (bicyclic) bond motifs is 2. The van der Waals surface area contributed by atoms with E-state index in [-0.39, 0.29) is 11.9 Å². The lowest BCUT2D eigenvalue weighted by Gasteiger charge is -2.28. The number of nitrogens with one attached hydrogen (secondary N) is 1. The maximum atomic E-state index is 12.8. The average Bonchev–Trinajstić information content (AvgIpc) is 3.32. The standard InChI is InChI=1S/C19H23N3O/c1-13(17-12-14-7-8-15(17)11-14)21-19(23)16-5-2-3-6-18(16)22-10-4-9-20-22/h2-6,9-10,13-15,17H,7-8,11-12H2,1H3,(H,21,23)/t13-,14+,15+,17-/m1/s1. The minimum absolute atomic E-state index is 0.00590. The normalized spacial score (nSPS) is 27.1. The third-order valence-corrected chi connectivity index (χ3v) is 5.69. The first-order valence-corrected chi connectivity index (χ1v) is 8.62. The number of para-hydroxylation sites is 1. The molecule has 2 saturated carbocycles. The summed E-state index contributed by atoms with van der Waals surface area (Å²) in [5.74, 6) is 2.37. The van der Waals surface area contributed by atoms with Crippen LogP contribution in [-0.2, 0) is 0 Å². The van der Waals surface area contributed by atoms with Crippen molar-refractivity contribution in [3.8, 4) is 5.69 Å². The lowest BCUT2D eigenvalue weighted by Crippen LogP contribution is -2.40. The zero-order chi connectivity index (χ0) is 15.8. The van der Waals surface area contributed by atoms with Crippen molar-refractivity contribution in [3.05, 3.63) is 48.3 Å². The van der Waals surface area contributed by atoms with Gasteiger partial charge in [-0.2, -0.15) is 5.10 Å². The van der Waals surface area contributed by atoms with E-state index in [0.29, 0.717) is 11.5 Å². The molecular weight excluding hydrogens is 286 g/mol. The van der Waals surface area contributed by atoms with Crippen LogP contribution in [0.15, 0.2) is 42.7 Å². The van der Waals surface area contributed by atoms with E-state index in [9.17, 15) is 4.79 Å². The first-order chi connectivity index (χ1) is 11.2. The summed E-state index contributed by atoms with van der Waals surface area (Å²) < 4.78 is 1.75. The van der Waals surface area contributed by atoms with Crippen molar-refractivity contribution in [2.45, 2.75) is 38.6 Å². The van der Waals surface area contributed by atoms with Gasteiger partial charge in [-0.25, -0.2) is 4.68 Å². The average molecular weight is 309 g/mol. The Kier molecular flexibility index (Phi) is 3.68. The second kappa shape index (κ2) is 5.84. The van der Waals surface area contributed by atoms with Gasteiger partial charge in [-0.05, 0) is 62.1 Å². The van der Waals surface area contributed by atoms with E-state index in [1.54, 1.807) is 10.9 Å². The number of amides is 1. The third kappa shape index (κ3) is 2.67. The molecule has 0 radical (unpaired) electrons. The minimum atomic E-state index is 0.00590. The Labute approximate surface area is 136 Å². The Bertz CT molecular complexity index is 694. The zero-order valence-corrected chi connectivity index (χ0v) is 13.5. The minimum Gasteiger partial charge on any atom is -0.349 e. The highest BCUT2D eigenvalue weighted by molar-refractivity contribution is 5.97. The summed E-state index contributed by atoms with van der Waals surface area (Å²) in [5, 5.41) is 7.50. The van der Waals surface area contributed by atoms with Crippen molar-refractivity contribution < 1.29 is 4.79 Å². The van der Waals surface area contributed by atoms with E-state index in [1.807, 2.05) is 36.5 Å². The molecule has 0 aliphatic heterocycles. The lowest BCUT2D eigenvalue weighted by atomic mass is 9.84. The van der Waals surface area contributed by atoms with Gasteiger partial charge in [0, 0.05) is 18.4 Å². The van der Waals surface area contributed by atoms with Crippen molar-refractivity contribution in [1.82, 2.24) is 15.1 Å². The fourth-order valence-corrected chi connectivity index (χ4v) is 4.57. The number of rotatable bonds is 4. The molecule has 120 valence electrons. The first kappa shape index (κ1) is 14.5. The van der Waals surface area contributed by atoms with Crippen LogP contribution < -0.4 is 5.32 Å². The van der Waals surface area contributed by atoms with Gasteiger partial charge >= 0.3 is 0 Å². The van der Waals surface area contributed by atoms with Crippen LogP contribution >= 0.6 is 0 Å². The molecule has 4 rings (SSSR count). The molecule has 2 aromatic rings. The molecule has 0 spiro atoms. The maximum Gasteiger partial charge on any atom is 0.253 e. The molecule has 1 aromatic carbocycles. The van der Waals surface area contributed by atoms with E-state index in [0.717, 1.165) is 17.5 Å². The molecule has 2 fully saturated rings. The van der Waals surface area contributed by atoms with Crippen LogP contribution in [0.2, 0.25) is 0 Å². The van der Waals surface area contributed by atoms with Crippen LogP contribution in [0, 0.1) is 17.8 Å². The van der Waals surface area contributed by atoms with Gasteiger partial charge in [0.05, 0.1) is 11.3 Å². The van der Waals surface area contributed by atoms with Crippen LogP contribution in [0.4, 0.5) is 0 Å². The predicted molar refractivity (Wildman–Crippen MR) is 89.4 cm³/mol. The molecule has 4 nitrogen and oxygen atoms in total. The fraction of sp³-hybridized carbons (Fsp3) is 0.474. The molecule has 4 atom stereocenters. The molecule has 2 aliphatic carbocycles. The summed E-state index contributed by atoms with van der Waals surface area (Å²) in [6, 6.07) is 9.76. The number of benzene rings is 1. The smallest absolute Gasteiger partial charge is 0.253 e. The SMILES string of the molecule is C[C@@H](NC(=O)c1ccccc1-n1cccn1)[C@H]1C[C@H]2CC[C@H]1C2. The molecule has 23 heavy (non-hydrogen) atoms. The molecule has 1 amide bonds. The summed E-state index contributed by atoms with van der Waals surface area (Å²) in [7, 11) is 0. The van der Waals surface area contributed by atoms with Crippen LogP contribution in [0.25, 0.3) is 5.69 Å². The maximum absolute atomic E-state index is 12.8. The summed E-state index contributed by atoms with van der Waals surface area (Å²) >= 11 is 0. The van der Waals surface area contributed by atoms with Gasteiger partial charge < -0.3 is 5.32 Å². The highest BCUT2D eigenvalue weighted by Crippen LogP contribution is 2.49. The van der Waals surface area contributed by atoms with E-state index in [1.165, 1.54) is 25.7 Å². The highest BCUT2D eigenvalue weighted by atomic mass is 16.1. The van der Waals surface area contributed by atoms with E-state index < -0.39 is 0 Å². The van der Waals surface area contributed by atoms with Crippen molar-refractivity contribution >= 4 is 5.91 Å². The van der Waals surface area contributed by atoms with Gasteiger partial charge in [0.15, 0.2) is 0 Å². The molecule has 1 aromatic heterocycles. The number of hydrogen-bond donors (Lipinski definition) is 1. The second-order valence-electron chi connectivity index (χ2n) is 7.07. The zero-order valence-electron chi connectivity index (χ0n) is 13.5. The largest absolute Gasteiger partial charge is 0.349 e. The molecular formula is C19H23N3O. The lowest BCUT2D eigenvalue weighted by molar-refractivity contribution is 0.0915. The first-order valence-electron chi connectivity index (χ1n) is 8.62. The van der Waals surface area contributed by atoms with Gasteiger partial charge in [-0.1, -0.05) is 18.6 Å². The van der Waals surface area contributed by atoms with E-state index in [2.05, 4.69) is 17.3 Å². The molecule has 2 aliphatic rings. The molecule has 0 unspecified atom stereocenters. The number of hydrogen-bond acceptors (Lipinski definition) is 2. The van der Waals surface area contributed by atoms with Gasteiger partial charge in [-0.3, -0.25) is 4.79 Å². The van der Waals surface area contributed by atoms with Crippen LogP contribution in [-0.4, -0.2) is 21.7 Å². The van der Waals surface area contributed by atoms with E-state index in [4.69, 9.17) is 0 Å². The number of carbonyl (C=O) groups excluding carboxylic acids is 1. The quantitative estimate of drug-likeness (QED) is 0.940. The van der Waals surface area contributed by atoms with Gasteiger partial charge in [0.2, 0.25) is 0 Å². The highest BCUT2D eigenvalue weighted by Gasteiger charge is 2.42. The molecule has 4 heteroatoms. The Hall–Kier alpha value is -2.10. The molecule has 1 heterocycles. The van der Waals surface area contributed by atoms with E-state index >= 15 is 0 Å². The van der Waals surface area contributed by atoms with Gasteiger partial charge in [-0.15, -0.1) is 0 Å². The summed E-state index contributed by atoms with van der Waals surface area (Å²) in [6.07, 6.45) is 8.99. The van der Waals surface area contributed by atoms with Crippen LogP contribution in [0.1, 0.15) is 43.0 Å². The monoisotopic (exact) mass is 309 g/mol. The van der Waals surface area contributed by atoms with Crippen molar-refractivity contribution in [1.29, 1.82) is 0 Å². The van der Waals surface area contributed by atoms with Crippen LogP contribution in [0.3, 0.4) is 0 Å². The van der Waals surface area contributed by atoms with Gasteiger partial charge in [0.25, 0.3) is 5.91 Å². The summed E-state index contributed by atoms with van der Waals surface area (Å²) in [6.45, 7) is 2.17. The third-order valence-electron chi connectivity index (χ3n) is 5.69. The summed E-state index contributed by atoms with van der Waals surface area (Å²) in [5.41, 5.74) is 1.52. The predicted octanol–water partition coefficient (Wildman–Crippen LogP) is 3.43. The molecule has 2 bridgehead atoms. The number of aromatic nitrogens is 2. The second-order valence-corrected chi connectivity index (χ2v) is 7.07. The Balaban J connectivity index is 1.51. The number of nitrogens with zero attached hydrogens (tertiary/aromatic N) is 2.